The van der Waals surface area contributed by atoms with Gasteiger partial charge in [0.2, 0.25) is 94.5 Å². The van der Waals surface area contributed by atoms with Crippen molar-refractivity contribution in [2.24, 2.45) is 40.9 Å². The number of aliphatic hydroxyl groups excluding tert-OH is 1. The van der Waals surface area contributed by atoms with Crippen molar-refractivity contribution >= 4 is 140 Å². The zero-order valence-electron chi connectivity index (χ0n) is 61.4. The number of carboxylic acids is 2. The first kappa shape index (κ1) is 90.0. The number of nitrogens with zero attached hydrogens (tertiary/aromatic N) is 1. The number of fused-ring (bicyclic) bond motifs is 1. The fourth-order valence-corrected chi connectivity index (χ4v) is 16.6. The number of hydrogen-bond donors (Lipinski definition) is 19. The maximum absolute atomic E-state index is 15.3. The number of carbonyl (C=O) groups excluding carboxylic acids is 16. The summed E-state index contributed by atoms with van der Waals surface area (Å²) >= 11 is 1.34. The molecule has 3 aliphatic heterocycles. The highest BCUT2D eigenvalue weighted by Crippen LogP contribution is 2.37. The van der Waals surface area contributed by atoms with Crippen LogP contribution in [0.15, 0.2) is 0 Å². The van der Waals surface area contributed by atoms with Gasteiger partial charge in [0, 0.05) is 37.4 Å². The van der Waals surface area contributed by atoms with Gasteiger partial charge in [-0.15, -0.1) is 0 Å². The van der Waals surface area contributed by atoms with Crippen molar-refractivity contribution in [1.29, 1.82) is 0 Å². The van der Waals surface area contributed by atoms with E-state index in [4.69, 9.17) is 17.2 Å². The fraction of sp³-hybridized carbons (Fsp3) is 0.731. The third-order valence-electron chi connectivity index (χ3n) is 19.4. The minimum atomic E-state index is -2.09. The van der Waals surface area contributed by atoms with E-state index < -0.39 is 235 Å². The summed E-state index contributed by atoms with van der Waals surface area (Å²) in [6.07, 6.45) is 5.03. The van der Waals surface area contributed by atoms with Crippen LogP contribution < -0.4 is 86.3 Å². The number of thioether (sulfide) groups is 1. The molecule has 0 bridgehead atoms. The lowest BCUT2D eigenvalue weighted by atomic mass is 9.77. The minimum absolute atomic E-state index is 0.00404. The lowest BCUT2D eigenvalue weighted by molar-refractivity contribution is -0.142. The maximum Gasteiger partial charge on any atom is 0.305 e. The van der Waals surface area contributed by atoms with Gasteiger partial charge in [0.15, 0.2) is 0 Å². The van der Waals surface area contributed by atoms with Gasteiger partial charge in [0.25, 0.3) is 0 Å². The van der Waals surface area contributed by atoms with E-state index >= 15 is 14.4 Å². The summed E-state index contributed by atoms with van der Waals surface area (Å²) in [6.45, 7) is 4.89. The lowest BCUT2D eigenvalue weighted by Gasteiger charge is -2.32. The normalized spacial score (nSPS) is 25.8. The largest absolute Gasteiger partial charge is 0.481 e. The minimum Gasteiger partial charge on any atom is -0.481 e. The van der Waals surface area contributed by atoms with Crippen molar-refractivity contribution in [3.63, 3.8) is 0 Å². The van der Waals surface area contributed by atoms with E-state index in [1.165, 1.54) is 18.7 Å². The van der Waals surface area contributed by atoms with E-state index in [-0.39, 0.29) is 74.8 Å². The zero-order valence-corrected chi connectivity index (χ0v) is 63.8. The third kappa shape index (κ3) is 29.4. The highest BCUT2D eigenvalue weighted by Gasteiger charge is 2.44. The molecular weight excluding hydrogens is 1480 g/mol. The monoisotopic (exact) mass is 1580 g/mol. The highest BCUT2D eigenvalue weighted by atomic mass is 33.1. The Hall–Kier alpha value is -8.57. The van der Waals surface area contributed by atoms with E-state index in [9.17, 15) is 87.2 Å². The molecule has 2 aliphatic carbocycles. The van der Waals surface area contributed by atoms with E-state index in [0.29, 0.717) is 25.1 Å². The number of aliphatic hydroxyl groups is 1. The standard InChI is InChI=1S/C67H107N17O21S3/c1-32(2)22-42-59(97)74-39(17-18-51(68)87)57(95)72-33(3)56(94)76-45(25-52(69)88)62(100)83-49(67(105)84-20-11-16-50(84)66(104)80-43(23-35-12-7-6-8-13-35)60(98)75-41(55(70)93)26-53(89)90)31-108-107-30-48(65(103)78-44(61(99)77-42)24-36-28-71-38-15-10-9-14-37(36)38)82-63(101)46(27-54(91)92)79-64(102)47(29-85)81-58(96)40(19-21-106-5)73-34(4)86/h32-33,35-50,71,85H,6-31H2,1-5H3,(H2,68,87)(H2,69,88)(H2,70,93)(H,72,95)(H,73,86)(H,74,97)(H,75,98)(H,76,94)(H,77,99)(H,78,103)(H,79,102)(H,80,104)(H,81,96)(H,82,101)(H,83,100)(H,89,90)(H,91,92)/t33-,36?,37?,38?,39-,40-,41-,42-,43-,44-,45-,46-,47-,48-,49-,50-/m0/s1. The second kappa shape index (κ2) is 44.8. The molecule has 5 fully saturated rings. The summed E-state index contributed by atoms with van der Waals surface area (Å²) in [5.41, 5.74) is 16.6. The van der Waals surface area contributed by atoms with E-state index in [1.54, 1.807) is 20.1 Å². The number of carboxylic acid groups (broad SMARTS) is 2. The first-order valence-corrected chi connectivity index (χ1v) is 40.3. The molecule has 3 heterocycles. The van der Waals surface area contributed by atoms with Crippen LogP contribution in [0.3, 0.4) is 0 Å². The molecule has 0 spiro atoms. The molecule has 3 unspecified atom stereocenters. The van der Waals surface area contributed by atoms with E-state index in [0.717, 1.165) is 78.4 Å². The van der Waals surface area contributed by atoms with Crippen molar-refractivity contribution in [3.8, 4) is 0 Å². The van der Waals surface area contributed by atoms with Crippen molar-refractivity contribution in [2.45, 2.75) is 241 Å². The van der Waals surface area contributed by atoms with Crippen LogP contribution in [0.1, 0.15) is 156 Å². The van der Waals surface area contributed by atoms with Crippen LogP contribution in [-0.4, -0.2) is 254 Å². The Kier molecular flexibility index (Phi) is 37.3. The van der Waals surface area contributed by atoms with Gasteiger partial charge < -0.3 is 107 Å². The number of carbonyl (C=O) groups is 18. The molecule has 16 amide bonds. The molecule has 108 heavy (non-hydrogen) atoms. The Morgan fingerprint density at radius 1 is 0.593 bits per heavy atom. The zero-order chi connectivity index (χ0) is 80.1. The molecule has 0 aromatic rings. The van der Waals surface area contributed by atoms with Gasteiger partial charge in [-0.3, -0.25) is 86.3 Å². The number of rotatable bonds is 32. The summed E-state index contributed by atoms with van der Waals surface area (Å²) < 4.78 is 0. The Labute approximate surface area is 637 Å². The average Bonchev–Trinajstić information content (AvgIpc) is 1.60. The quantitative estimate of drug-likeness (QED) is 0.0280. The Morgan fingerprint density at radius 2 is 1.17 bits per heavy atom. The molecule has 3 saturated heterocycles. The van der Waals surface area contributed by atoms with Crippen LogP contribution in [0.4, 0.5) is 0 Å². The molecular formula is C67H107N17O21S3. The molecule has 16 atom stereocenters. The molecule has 38 nitrogen and oxygen atoms in total. The van der Waals surface area contributed by atoms with Crippen molar-refractivity contribution in [1.82, 2.24) is 74.0 Å². The summed E-state index contributed by atoms with van der Waals surface area (Å²) in [4.78, 5) is 249. The van der Waals surface area contributed by atoms with Crippen molar-refractivity contribution in [2.75, 3.05) is 43.2 Å². The van der Waals surface area contributed by atoms with E-state index in [1.807, 2.05) is 0 Å². The Bertz CT molecular complexity index is 3260. The first-order valence-electron chi connectivity index (χ1n) is 36.4. The smallest absolute Gasteiger partial charge is 0.305 e. The van der Waals surface area contributed by atoms with Crippen LogP contribution in [-0.2, 0) is 86.3 Å². The summed E-state index contributed by atoms with van der Waals surface area (Å²) in [6, 6.07) is -21.4. The summed E-state index contributed by atoms with van der Waals surface area (Å²) in [7, 11) is 1.51. The molecule has 0 aromatic carbocycles. The van der Waals surface area contributed by atoms with Gasteiger partial charge in [0.1, 0.15) is 78.5 Å². The predicted octanol–water partition coefficient (Wildman–Crippen LogP) is -5.26. The predicted molar refractivity (Wildman–Crippen MR) is 393 cm³/mol. The molecule has 604 valence electrons. The number of primary amides is 3. The van der Waals surface area contributed by atoms with E-state index in [2.05, 4.69) is 69.1 Å². The van der Waals surface area contributed by atoms with Crippen LogP contribution in [0.5, 0.6) is 0 Å². The molecule has 5 rings (SSSR count). The fourth-order valence-electron chi connectivity index (χ4n) is 13.8. The van der Waals surface area contributed by atoms with Crippen LogP contribution >= 0.6 is 33.3 Å². The van der Waals surface area contributed by atoms with Gasteiger partial charge in [-0.2, -0.15) is 11.8 Å². The van der Waals surface area contributed by atoms with Gasteiger partial charge in [-0.25, -0.2) is 0 Å². The van der Waals surface area contributed by atoms with Crippen LogP contribution in [0.2, 0.25) is 0 Å². The third-order valence-corrected chi connectivity index (χ3v) is 22.5. The lowest BCUT2D eigenvalue weighted by Crippen LogP contribution is -2.61. The first-order chi connectivity index (χ1) is 51.1. The van der Waals surface area contributed by atoms with Crippen LogP contribution in [0, 0.1) is 23.7 Å². The molecule has 41 heteroatoms. The number of hydrogen-bond acceptors (Lipinski definition) is 23. The topological polar surface area (TPSA) is 606 Å². The Morgan fingerprint density at radius 3 is 1.80 bits per heavy atom. The highest BCUT2D eigenvalue weighted by molar-refractivity contribution is 8.76. The SMILES string of the molecule is CSCC[C@H](NC(C)=O)C(=O)N[C@@H](CO)C(=O)N[C@@H](CC(=O)O)C(=O)N[C@H]1CSSC[C@@H](C(=O)N2CCC[C@H]2C(=O)N[C@@H](CC2CCCCC2)C(=O)N[C@@H](CC(=O)O)C(N)=O)NC(=O)[C@H](CC(N)=O)NC(=O)[C@H](C)NC(=O)[C@H](CCC(N)=O)NC(=O)[C@H](CC(C)C)NC(=O)[C@H](CC2CNC3CCCCC23)NC1=O. The number of nitrogens with one attached hydrogen (secondary N) is 13. The van der Waals surface area contributed by atoms with Crippen LogP contribution in [0.25, 0.3) is 0 Å². The second-order valence-corrected chi connectivity index (χ2v) is 32.0. The summed E-state index contributed by atoms with van der Waals surface area (Å²) in [5, 5.41) is 63.3. The van der Waals surface area contributed by atoms with Gasteiger partial charge >= 0.3 is 11.9 Å². The number of nitrogens with two attached hydrogens (primary N) is 3. The maximum atomic E-state index is 15.3. The Balaban J connectivity index is 1.63. The van der Waals surface area contributed by atoms with Crippen molar-refractivity contribution < 1.29 is 102 Å². The second-order valence-electron chi connectivity index (χ2n) is 28.4. The molecule has 22 N–H and O–H groups in total. The van der Waals surface area contributed by atoms with Crippen molar-refractivity contribution in [3.05, 3.63) is 0 Å². The number of likely N-dealkylation sites (tertiary alicyclic amines) is 1. The molecule has 0 radical (unpaired) electrons. The molecule has 2 saturated carbocycles. The number of amides is 16. The summed E-state index contributed by atoms with van der Waals surface area (Å²) in [5.74, 6) is -21.2. The van der Waals surface area contributed by atoms with Gasteiger partial charge in [0.05, 0.1) is 25.9 Å². The number of aliphatic carboxylic acids is 2. The van der Waals surface area contributed by atoms with Gasteiger partial charge in [-0.1, -0.05) is 80.4 Å². The molecule has 0 aromatic heterocycles. The van der Waals surface area contributed by atoms with Gasteiger partial charge in [-0.05, 0) is 107 Å². The molecule has 5 aliphatic rings. The average molecular weight is 1580 g/mol.